The van der Waals surface area contributed by atoms with Crippen LogP contribution in [0.25, 0.3) is 0 Å². The van der Waals surface area contributed by atoms with Crippen molar-refractivity contribution in [2.24, 2.45) is 11.7 Å². The maximum atomic E-state index is 14.0. The molecule has 0 aliphatic carbocycles. The zero-order valence-corrected chi connectivity index (χ0v) is 10.8. The second kappa shape index (κ2) is 5.67. The molecule has 0 saturated carbocycles. The monoisotopic (exact) mass is 252 g/mol. The van der Waals surface area contributed by atoms with Crippen molar-refractivity contribution in [2.75, 3.05) is 24.6 Å². The summed E-state index contributed by atoms with van der Waals surface area (Å²) in [7, 11) is 0. The molecular weight excluding hydrogens is 231 g/mol. The molecule has 1 aliphatic heterocycles. The molecular formula is C14H21FN2O. The fourth-order valence-electron chi connectivity index (χ4n) is 2.69. The molecule has 1 aliphatic rings. The Hall–Kier alpha value is -1.13. The number of hydrogen-bond donors (Lipinski definition) is 2. The van der Waals surface area contributed by atoms with Crippen LogP contribution < -0.4 is 10.6 Å². The lowest BCUT2D eigenvalue weighted by atomic mass is 10.0. The molecule has 1 saturated heterocycles. The fourth-order valence-corrected chi connectivity index (χ4v) is 2.69. The highest BCUT2D eigenvalue weighted by Gasteiger charge is 2.26. The zero-order valence-electron chi connectivity index (χ0n) is 10.8. The summed E-state index contributed by atoms with van der Waals surface area (Å²) in [6.07, 6.45) is 1.80. The van der Waals surface area contributed by atoms with Gasteiger partial charge in [-0.15, -0.1) is 0 Å². The average Bonchev–Trinajstić information content (AvgIpc) is 2.77. The molecule has 1 aromatic carbocycles. The smallest absolute Gasteiger partial charge is 0.146 e. The highest BCUT2D eigenvalue weighted by atomic mass is 19.1. The Morgan fingerprint density at radius 1 is 1.56 bits per heavy atom. The molecule has 3 nitrogen and oxygen atoms in total. The van der Waals surface area contributed by atoms with E-state index in [2.05, 4.69) is 4.90 Å². The molecule has 3 N–H and O–H groups in total. The molecule has 2 atom stereocenters. The Bertz CT molecular complexity index is 409. The molecule has 100 valence electrons. The van der Waals surface area contributed by atoms with E-state index in [1.54, 1.807) is 6.07 Å². The topological polar surface area (TPSA) is 49.5 Å². The predicted octanol–water partition coefficient (Wildman–Crippen LogP) is 2.05. The van der Waals surface area contributed by atoms with Crippen LogP contribution in [-0.4, -0.2) is 24.8 Å². The molecule has 1 fully saturated rings. The summed E-state index contributed by atoms with van der Waals surface area (Å²) >= 11 is 0. The quantitative estimate of drug-likeness (QED) is 0.862. The highest BCUT2D eigenvalue weighted by Crippen LogP contribution is 2.33. The largest absolute Gasteiger partial charge is 0.396 e. The first-order valence-corrected chi connectivity index (χ1v) is 6.53. The van der Waals surface area contributed by atoms with Gasteiger partial charge in [-0.1, -0.05) is 12.1 Å². The Labute approximate surface area is 107 Å². The highest BCUT2D eigenvalue weighted by molar-refractivity contribution is 5.56. The van der Waals surface area contributed by atoms with Gasteiger partial charge >= 0.3 is 0 Å². The van der Waals surface area contributed by atoms with Crippen LogP contribution in [0.2, 0.25) is 0 Å². The van der Waals surface area contributed by atoms with Gasteiger partial charge in [-0.25, -0.2) is 4.39 Å². The maximum absolute atomic E-state index is 14.0. The van der Waals surface area contributed by atoms with Crippen LogP contribution in [0.4, 0.5) is 10.1 Å². The third-order valence-electron chi connectivity index (χ3n) is 3.65. The second-order valence-electron chi connectivity index (χ2n) is 5.08. The molecule has 18 heavy (non-hydrogen) atoms. The number of aliphatic hydroxyl groups is 1. The summed E-state index contributed by atoms with van der Waals surface area (Å²) < 4.78 is 14.0. The van der Waals surface area contributed by atoms with Gasteiger partial charge in [-0.05, 0) is 37.3 Å². The van der Waals surface area contributed by atoms with Gasteiger partial charge in [-0.2, -0.15) is 0 Å². The second-order valence-corrected chi connectivity index (χ2v) is 5.08. The van der Waals surface area contributed by atoms with E-state index in [0.717, 1.165) is 31.5 Å². The SMILES string of the molecule is CC(N)c1cccc(F)c1N1CCC(CCO)C1. The van der Waals surface area contributed by atoms with Gasteiger partial charge in [0.25, 0.3) is 0 Å². The summed E-state index contributed by atoms with van der Waals surface area (Å²) in [4.78, 5) is 2.06. The van der Waals surface area contributed by atoms with E-state index in [1.165, 1.54) is 6.07 Å². The minimum atomic E-state index is -0.200. The van der Waals surface area contributed by atoms with Crippen molar-refractivity contribution in [3.8, 4) is 0 Å². The fraction of sp³-hybridized carbons (Fsp3) is 0.571. The first-order valence-electron chi connectivity index (χ1n) is 6.53. The van der Waals surface area contributed by atoms with E-state index in [1.807, 2.05) is 13.0 Å². The first-order chi connectivity index (χ1) is 8.63. The maximum Gasteiger partial charge on any atom is 0.146 e. The number of nitrogens with two attached hydrogens (primary N) is 1. The first kappa shape index (κ1) is 13.3. The zero-order chi connectivity index (χ0) is 13.1. The summed E-state index contributed by atoms with van der Waals surface area (Å²) in [5, 5.41) is 8.97. The van der Waals surface area contributed by atoms with E-state index in [0.29, 0.717) is 11.6 Å². The molecule has 0 radical (unpaired) electrons. The Balaban J connectivity index is 2.23. The lowest BCUT2D eigenvalue weighted by Crippen LogP contribution is -2.24. The van der Waals surface area contributed by atoms with Crippen LogP contribution >= 0.6 is 0 Å². The predicted molar refractivity (Wildman–Crippen MR) is 71.0 cm³/mol. The standard InChI is InChI=1S/C14H21FN2O/c1-10(16)12-3-2-4-13(15)14(12)17-7-5-11(9-17)6-8-18/h2-4,10-11,18H,5-9,16H2,1H3. The molecule has 0 aromatic heterocycles. The van der Waals surface area contributed by atoms with Crippen molar-refractivity contribution < 1.29 is 9.50 Å². The van der Waals surface area contributed by atoms with Crippen molar-refractivity contribution in [3.05, 3.63) is 29.6 Å². The third-order valence-corrected chi connectivity index (χ3v) is 3.65. The van der Waals surface area contributed by atoms with Gasteiger partial charge in [0, 0.05) is 25.7 Å². The van der Waals surface area contributed by atoms with Gasteiger partial charge in [0.15, 0.2) is 0 Å². The Kier molecular flexibility index (Phi) is 4.19. The summed E-state index contributed by atoms with van der Waals surface area (Å²) in [5.74, 6) is 0.255. The third kappa shape index (κ3) is 2.65. The Morgan fingerprint density at radius 2 is 2.33 bits per heavy atom. The van der Waals surface area contributed by atoms with Crippen molar-refractivity contribution >= 4 is 5.69 Å². The van der Waals surface area contributed by atoms with Crippen LogP contribution in [0.5, 0.6) is 0 Å². The summed E-state index contributed by atoms with van der Waals surface area (Å²) in [5.41, 5.74) is 7.42. The number of rotatable bonds is 4. The lowest BCUT2D eigenvalue weighted by molar-refractivity contribution is 0.263. The van der Waals surface area contributed by atoms with E-state index in [4.69, 9.17) is 10.8 Å². The average molecular weight is 252 g/mol. The molecule has 1 aromatic rings. The van der Waals surface area contributed by atoms with Crippen LogP contribution in [-0.2, 0) is 0 Å². The molecule has 0 bridgehead atoms. The number of benzene rings is 1. The Morgan fingerprint density at radius 3 is 3.00 bits per heavy atom. The molecule has 2 rings (SSSR count). The van der Waals surface area contributed by atoms with Gasteiger partial charge in [-0.3, -0.25) is 0 Å². The molecule has 4 heteroatoms. The minimum absolute atomic E-state index is 0.174. The van der Waals surface area contributed by atoms with Gasteiger partial charge < -0.3 is 15.7 Å². The van der Waals surface area contributed by atoms with Gasteiger partial charge in [0.1, 0.15) is 5.82 Å². The van der Waals surface area contributed by atoms with Crippen LogP contribution in [0, 0.1) is 11.7 Å². The minimum Gasteiger partial charge on any atom is -0.396 e. The van der Waals surface area contributed by atoms with Crippen molar-refractivity contribution in [2.45, 2.75) is 25.8 Å². The number of aliphatic hydroxyl groups excluding tert-OH is 1. The van der Waals surface area contributed by atoms with Crippen LogP contribution in [0.15, 0.2) is 18.2 Å². The number of hydrogen-bond acceptors (Lipinski definition) is 3. The van der Waals surface area contributed by atoms with E-state index >= 15 is 0 Å². The molecule has 0 spiro atoms. The van der Waals surface area contributed by atoms with Crippen molar-refractivity contribution in [3.63, 3.8) is 0 Å². The normalized spacial score (nSPS) is 21.3. The van der Waals surface area contributed by atoms with Crippen LogP contribution in [0.1, 0.15) is 31.4 Å². The van der Waals surface area contributed by atoms with Gasteiger partial charge in [0.2, 0.25) is 0 Å². The van der Waals surface area contributed by atoms with Crippen molar-refractivity contribution in [1.82, 2.24) is 0 Å². The lowest BCUT2D eigenvalue weighted by Gasteiger charge is -2.24. The van der Waals surface area contributed by atoms with Crippen LogP contribution in [0.3, 0.4) is 0 Å². The summed E-state index contributed by atoms with van der Waals surface area (Å²) in [6.45, 7) is 3.72. The molecule has 2 unspecified atom stereocenters. The number of halogens is 1. The van der Waals surface area contributed by atoms with E-state index < -0.39 is 0 Å². The summed E-state index contributed by atoms with van der Waals surface area (Å²) in [6, 6.07) is 4.91. The van der Waals surface area contributed by atoms with Gasteiger partial charge in [0.05, 0.1) is 5.69 Å². The molecule has 0 amide bonds. The number of para-hydroxylation sites is 1. The van der Waals surface area contributed by atoms with E-state index in [-0.39, 0.29) is 18.5 Å². The van der Waals surface area contributed by atoms with Crippen molar-refractivity contribution in [1.29, 1.82) is 0 Å². The number of anilines is 1. The molecule has 1 heterocycles. The van der Waals surface area contributed by atoms with E-state index in [9.17, 15) is 4.39 Å². The number of nitrogens with zero attached hydrogens (tertiary/aromatic N) is 1.